The lowest BCUT2D eigenvalue weighted by atomic mass is 9.80. The predicted octanol–water partition coefficient (Wildman–Crippen LogP) is 2.26. The molecule has 1 atom stereocenters. The summed E-state index contributed by atoms with van der Waals surface area (Å²) in [7, 11) is -1.16. The third-order valence-electron chi connectivity index (χ3n) is 3.73. The van der Waals surface area contributed by atoms with E-state index in [1.54, 1.807) is 7.05 Å². The van der Waals surface area contributed by atoms with Gasteiger partial charge in [-0.15, -0.1) is 0 Å². The normalized spacial score (nSPS) is 18.3. The molecule has 100 valence electrons. The van der Waals surface area contributed by atoms with Gasteiger partial charge in [0.05, 0.1) is 5.75 Å². The summed E-state index contributed by atoms with van der Waals surface area (Å²) in [5, 5.41) is 3.07. The van der Waals surface area contributed by atoms with Crippen molar-refractivity contribution in [2.24, 2.45) is 0 Å². The molecule has 0 saturated heterocycles. The first-order chi connectivity index (χ1) is 8.49. The molecule has 1 N–H and O–H groups in total. The maximum absolute atomic E-state index is 11.4. The molecule has 1 aliphatic carbocycles. The fourth-order valence-corrected chi connectivity index (χ4v) is 3.36. The molecular formula is C14H21NO2S. The Hall–Kier alpha value is -0.870. The average molecular weight is 267 g/mol. The molecule has 1 aliphatic rings. The SMILES string of the molecule is CNC(CS(C)(=O)=O)c1ccc(C2CCC2)cc1. The second-order valence-corrected chi connectivity index (χ2v) is 7.41. The Morgan fingerprint density at radius 3 is 2.28 bits per heavy atom. The van der Waals surface area contributed by atoms with E-state index in [4.69, 9.17) is 0 Å². The van der Waals surface area contributed by atoms with Gasteiger partial charge in [0.15, 0.2) is 0 Å². The molecule has 0 aromatic heterocycles. The van der Waals surface area contributed by atoms with Crippen LogP contribution in [0.1, 0.15) is 42.3 Å². The van der Waals surface area contributed by atoms with Gasteiger partial charge in [0.1, 0.15) is 9.84 Å². The summed E-state index contributed by atoms with van der Waals surface area (Å²) in [6, 6.07) is 8.29. The van der Waals surface area contributed by atoms with Gasteiger partial charge in [0, 0.05) is 12.3 Å². The lowest BCUT2D eigenvalue weighted by Crippen LogP contribution is -2.24. The van der Waals surface area contributed by atoms with Gasteiger partial charge in [-0.1, -0.05) is 30.7 Å². The summed E-state index contributed by atoms with van der Waals surface area (Å²) in [4.78, 5) is 0. The molecule has 0 radical (unpaired) electrons. The van der Waals surface area contributed by atoms with Crippen LogP contribution in [0.4, 0.5) is 0 Å². The average Bonchev–Trinajstić information content (AvgIpc) is 2.23. The van der Waals surface area contributed by atoms with Crippen LogP contribution >= 0.6 is 0 Å². The van der Waals surface area contributed by atoms with Crippen molar-refractivity contribution in [2.45, 2.75) is 31.2 Å². The first-order valence-corrected chi connectivity index (χ1v) is 8.50. The second kappa shape index (κ2) is 5.41. The standard InChI is InChI=1S/C14H21NO2S/c1-15-14(10-18(2,16)17)13-8-6-12(7-9-13)11-4-3-5-11/h6-9,11,14-15H,3-5,10H2,1-2H3. The molecule has 0 heterocycles. The molecule has 0 bridgehead atoms. The van der Waals surface area contributed by atoms with E-state index in [0.29, 0.717) is 0 Å². The highest BCUT2D eigenvalue weighted by Crippen LogP contribution is 2.36. The fourth-order valence-electron chi connectivity index (χ4n) is 2.39. The van der Waals surface area contributed by atoms with Gasteiger partial charge in [-0.05, 0) is 36.9 Å². The third-order valence-corrected chi connectivity index (χ3v) is 4.67. The molecule has 3 nitrogen and oxygen atoms in total. The van der Waals surface area contributed by atoms with Crippen LogP contribution in [0.2, 0.25) is 0 Å². The fraction of sp³-hybridized carbons (Fsp3) is 0.571. The Labute approximate surface area is 110 Å². The highest BCUT2D eigenvalue weighted by Gasteiger charge is 2.20. The Bertz CT molecular complexity index is 489. The number of hydrogen-bond donors (Lipinski definition) is 1. The third kappa shape index (κ3) is 3.33. The predicted molar refractivity (Wildman–Crippen MR) is 74.5 cm³/mol. The molecule has 18 heavy (non-hydrogen) atoms. The maximum Gasteiger partial charge on any atom is 0.149 e. The minimum Gasteiger partial charge on any atom is -0.312 e. The molecule has 2 rings (SSSR count). The van der Waals surface area contributed by atoms with Gasteiger partial charge in [0.25, 0.3) is 0 Å². The lowest BCUT2D eigenvalue weighted by molar-refractivity contribution is 0.419. The van der Waals surface area contributed by atoms with Crippen LogP contribution in [0.3, 0.4) is 0 Å². The number of nitrogens with one attached hydrogen (secondary N) is 1. The van der Waals surface area contributed by atoms with Gasteiger partial charge in [-0.25, -0.2) is 8.42 Å². The van der Waals surface area contributed by atoms with E-state index >= 15 is 0 Å². The Kier molecular flexibility index (Phi) is 4.07. The van der Waals surface area contributed by atoms with Crippen LogP contribution < -0.4 is 5.32 Å². The van der Waals surface area contributed by atoms with E-state index < -0.39 is 9.84 Å². The summed E-state index contributed by atoms with van der Waals surface area (Å²) in [5.41, 5.74) is 2.44. The van der Waals surface area contributed by atoms with Gasteiger partial charge < -0.3 is 5.32 Å². The Morgan fingerprint density at radius 2 is 1.89 bits per heavy atom. The van der Waals surface area contributed by atoms with Crippen molar-refractivity contribution < 1.29 is 8.42 Å². The van der Waals surface area contributed by atoms with Crippen molar-refractivity contribution in [1.82, 2.24) is 5.32 Å². The zero-order valence-corrected chi connectivity index (χ0v) is 11.8. The summed E-state index contributed by atoms with van der Waals surface area (Å²) in [5.74, 6) is 0.869. The summed E-state index contributed by atoms with van der Waals surface area (Å²) >= 11 is 0. The molecule has 1 saturated carbocycles. The van der Waals surface area contributed by atoms with Crippen molar-refractivity contribution in [1.29, 1.82) is 0 Å². The molecule has 1 unspecified atom stereocenters. The summed E-state index contributed by atoms with van der Waals surface area (Å²) in [6.07, 6.45) is 5.19. The molecular weight excluding hydrogens is 246 g/mol. The van der Waals surface area contributed by atoms with Crippen molar-refractivity contribution >= 4 is 9.84 Å². The van der Waals surface area contributed by atoms with Crippen LogP contribution in [-0.4, -0.2) is 27.5 Å². The van der Waals surface area contributed by atoms with Crippen LogP contribution in [0.15, 0.2) is 24.3 Å². The van der Waals surface area contributed by atoms with E-state index in [1.165, 1.54) is 31.1 Å². The van der Waals surface area contributed by atoms with Crippen molar-refractivity contribution in [2.75, 3.05) is 19.1 Å². The lowest BCUT2D eigenvalue weighted by Gasteiger charge is -2.26. The second-order valence-electron chi connectivity index (χ2n) is 5.23. The topological polar surface area (TPSA) is 46.2 Å². The zero-order chi connectivity index (χ0) is 13.2. The van der Waals surface area contributed by atoms with E-state index in [2.05, 4.69) is 29.6 Å². The van der Waals surface area contributed by atoms with E-state index in [1.807, 2.05) is 0 Å². The maximum atomic E-state index is 11.4. The van der Waals surface area contributed by atoms with Gasteiger partial charge in [0.2, 0.25) is 0 Å². The molecule has 0 spiro atoms. The highest BCUT2D eigenvalue weighted by atomic mass is 32.2. The summed E-state index contributed by atoms with van der Waals surface area (Å²) < 4.78 is 22.7. The summed E-state index contributed by atoms with van der Waals surface area (Å²) in [6.45, 7) is 0. The molecule has 4 heteroatoms. The quantitative estimate of drug-likeness (QED) is 0.890. The number of benzene rings is 1. The Balaban J connectivity index is 2.11. The molecule has 1 fully saturated rings. The van der Waals surface area contributed by atoms with Crippen molar-refractivity contribution in [3.63, 3.8) is 0 Å². The smallest absolute Gasteiger partial charge is 0.149 e. The van der Waals surface area contributed by atoms with Crippen LogP contribution in [0.25, 0.3) is 0 Å². The largest absolute Gasteiger partial charge is 0.312 e. The molecule has 0 aliphatic heterocycles. The number of hydrogen-bond acceptors (Lipinski definition) is 3. The zero-order valence-electron chi connectivity index (χ0n) is 11.0. The molecule has 1 aromatic carbocycles. The monoisotopic (exact) mass is 267 g/mol. The highest BCUT2D eigenvalue weighted by molar-refractivity contribution is 7.90. The van der Waals surface area contributed by atoms with Gasteiger partial charge in [-0.2, -0.15) is 0 Å². The van der Waals surface area contributed by atoms with Crippen molar-refractivity contribution in [3.8, 4) is 0 Å². The number of rotatable bonds is 5. The molecule has 1 aromatic rings. The van der Waals surface area contributed by atoms with Crippen LogP contribution in [0.5, 0.6) is 0 Å². The van der Waals surface area contributed by atoms with Crippen LogP contribution in [0, 0.1) is 0 Å². The minimum atomic E-state index is -2.97. The van der Waals surface area contributed by atoms with Gasteiger partial charge in [-0.3, -0.25) is 0 Å². The minimum absolute atomic E-state index is 0.115. The Morgan fingerprint density at radius 1 is 1.28 bits per heavy atom. The van der Waals surface area contributed by atoms with Crippen molar-refractivity contribution in [3.05, 3.63) is 35.4 Å². The number of sulfone groups is 1. The first-order valence-electron chi connectivity index (χ1n) is 6.44. The van der Waals surface area contributed by atoms with Crippen LogP contribution in [-0.2, 0) is 9.84 Å². The first kappa shape index (κ1) is 13.6. The van der Waals surface area contributed by atoms with Gasteiger partial charge >= 0.3 is 0 Å². The van der Waals surface area contributed by atoms with E-state index in [0.717, 1.165) is 11.5 Å². The van der Waals surface area contributed by atoms with E-state index in [-0.39, 0.29) is 11.8 Å². The molecule has 0 amide bonds. The van der Waals surface area contributed by atoms with E-state index in [9.17, 15) is 8.42 Å².